The number of carboxylic acids is 1. The average molecular weight is 561 g/mol. The smallest absolute Gasteiger partial charge is 0.352 e. The van der Waals surface area contributed by atoms with Crippen LogP contribution in [0.3, 0.4) is 0 Å². The summed E-state index contributed by atoms with van der Waals surface area (Å²) in [6.07, 6.45) is 0. The lowest BCUT2D eigenvalue weighted by molar-refractivity contribution is -0.145. The van der Waals surface area contributed by atoms with Gasteiger partial charge in [-0.15, -0.1) is 16.9 Å². The molecule has 2 aliphatic heterocycles. The molecule has 0 bridgehead atoms. The van der Waals surface area contributed by atoms with Crippen LogP contribution >= 0.6 is 58.3 Å². The largest absolute Gasteiger partial charge is 0.477 e. The molecule has 2 aliphatic rings. The molecule has 0 aliphatic carbocycles. The van der Waals surface area contributed by atoms with Crippen molar-refractivity contribution in [2.24, 2.45) is 0 Å². The third kappa shape index (κ3) is 4.73. The van der Waals surface area contributed by atoms with Gasteiger partial charge in [-0.05, 0) is 17.3 Å². The van der Waals surface area contributed by atoms with Crippen LogP contribution in [0.1, 0.15) is 17.3 Å². The third-order valence-electron chi connectivity index (χ3n) is 4.81. The summed E-state index contributed by atoms with van der Waals surface area (Å²) in [6.45, 7) is 1.02. The highest BCUT2D eigenvalue weighted by molar-refractivity contribution is 8.05. The van der Waals surface area contributed by atoms with E-state index in [4.69, 9.17) is 23.2 Å². The van der Waals surface area contributed by atoms with Gasteiger partial charge in [0.25, 0.3) is 5.91 Å². The lowest BCUT2D eigenvalue weighted by atomic mass is 10.1. The van der Waals surface area contributed by atoms with Crippen LogP contribution in [0.2, 0.25) is 10.0 Å². The molecule has 4 rings (SSSR count). The minimum Gasteiger partial charge on any atom is -0.477 e. The van der Waals surface area contributed by atoms with Crippen molar-refractivity contribution in [2.45, 2.75) is 27.3 Å². The Kier molecular flexibility index (Phi) is 7.33. The standard InChI is InChI=1S/C18H14Cl2N6O5S3/c1-6(27)22-14-7(5-21-13(28)10-8(19)3-2-4-9(10)20)11(17(30)31)26-15(29)12(16(26)33-14)32-18-23-24-25-34-18/h2-4,12,14,16H,5H2,1H3,(H,21,28)(H,22,27)(H,30,31)/t12?,14?,16-/m1/s1. The van der Waals surface area contributed by atoms with Gasteiger partial charge in [-0.2, -0.15) is 0 Å². The molecule has 1 saturated heterocycles. The number of halogens is 2. The number of benzene rings is 1. The van der Waals surface area contributed by atoms with Crippen molar-refractivity contribution < 1.29 is 24.3 Å². The maximum Gasteiger partial charge on any atom is 0.352 e. The summed E-state index contributed by atoms with van der Waals surface area (Å²) in [7, 11) is 0. The molecule has 16 heteroatoms. The first-order chi connectivity index (χ1) is 16.2. The highest BCUT2D eigenvalue weighted by Gasteiger charge is 2.56. The van der Waals surface area contributed by atoms with Gasteiger partial charge in [0.05, 0.1) is 15.6 Å². The maximum atomic E-state index is 12.9. The van der Waals surface area contributed by atoms with Crippen molar-refractivity contribution >= 4 is 81.9 Å². The normalized spacial score (nSPS) is 21.6. The van der Waals surface area contributed by atoms with Crippen LogP contribution in [0, 0.1) is 0 Å². The number of carbonyl (C=O) groups excluding carboxylic acids is 3. The number of hydrogen-bond donors (Lipinski definition) is 3. The van der Waals surface area contributed by atoms with Crippen LogP contribution in [0.25, 0.3) is 0 Å². The monoisotopic (exact) mass is 560 g/mol. The molecule has 2 aromatic rings. The number of amides is 3. The zero-order valence-electron chi connectivity index (χ0n) is 17.0. The SMILES string of the molecule is CC(=O)NC1S[C@@H]2C(Sc3nnns3)C(=O)N2C(C(=O)O)=C1CNC(=O)c1c(Cl)cccc1Cl. The van der Waals surface area contributed by atoms with E-state index in [0.29, 0.717) is 4.34 Å². The second-order valence-corrected chi connectivity index (χ2v) is 11.1. The van der Waals surface area contributed by atoms with Gasteiger partial charge in [0.15, 0.2) is 4.34 Å². The predicted octanol–water partition coefficient (Wildman–Crippen LogP) is 1.85. The van der Waals surface area contributed by atoms with Crippen LogP contribution in [-0.4, -0.2) is 71.0 Å². The van der Waals surface area contributed by atoms with Crippen LogP contribution in [0.5, 0.6) is 0 Å². The van der Waals surface area contributed by atoms with Gasteiger partial charge < -0.3 is 15.7 Å². The summed E-state index contributed by atoms with van der Waals surface area (Å²) in [5.41, 5.74) is -0.122. The molecule has 3 amide bonds. The molecule has 2 unspecified atom stereocenters. The summed E-state index contributed by atoms with van der Waals surface area (Å²) in [5.74, 6) is -2.84. The molecule has 34 heavy (non-hydrogen) atoms. The number of thioether (sulfide) groups is 2. The number of aliphatic carboxylic acids is 1. The minimum atomic E-state index is -1.37. The molecule has 178 valence electrons. The van der Waals surface area contributed by atoms with Crippen LogP contribution in [0.4, 0.5) is 0 Å². The highest BCUT2D eigenvalue weighted by atomic mass is 35.5. The van der Waals surface area contributed by atoms with Crippen LogP contribution in [-0.2, 0) is 14.4 Å². The van der Waals surface area contributed by atoms with Gasteiger partial charge in [-0.1, -0.05) is 45.5 Å². The minimum absolute atomic E-state index is 0.0304. The van der Waals surface area contributed by atoms with Crippen LogP contribution < -0.4 is 10.6 Å². The van der Waals surface area contributed by atoms with E-state index in [1.165, 1.54) is 30.8 Å². The Balaban J connectivity index is 1.63. The van der Waals surface area contributed by atoms with E-state index in [-0.39, 0.29) is 33.4 Å². The van der Waals surface area contributed by atoms with E-state index in [9.17, 15) is 24.3 Å². The fourth-order valence-corrected chi connectivity index (χ4v) is 7.34. The van der Waals surface area contributed by atoms with Gasteiger partial charge in [0, 0.05) is 30.6 Å². The Bertz CT molecular complexity index is 1190. The molecule has 11 nitrogen and oxygen atoms in total. The number of carboxylic acid groups (broad SMARTS) is 1. The maximum absolute atomic E-state index is 12.9. The van der Waals surface area contributed by atoms with Crippen molar-refractivity contribution in [3.63, 3.8) is 0 Å². The van der Waals surface area contributed by atoms with Gasteiger partial charge in [0.1, 0.15) is 21.7 Å². The first-order valence-electron chi connectivity index (χ1n) is 9.45. The third-order valence-corrected chi connectivity index (χ3v) is 8.95. The molecule has 1 aromatic carbocycles. The molecule has 0 saturated carbocycles. The van der Waals surface area contributed by atoms with Gasteiger partial charge in [-0.3, -0.25) is 19.3 Å². The number of nitrogens with one attached hydrogen (secondary N) is 2. The number of fused-ring (bicyclic) bond motifs is 1. The number of carbonyl (C=O) groups is 4. The molecular weight excluding hydrogens is 547 g/mol. The topological polar surface area (TPSA) is 154 Å². The summed E-state index contributed by atoms with van der Waals surface area (Å²) >= 11 is 15.5. The summed E-state index contributed by atoms with van der Waals surface area (Å²) < 4.78 is 4.12. The molecule has 0 radical (unpaired) electrons. The number of rotatable bonds is 7. The molecule has 3 heterocycles. The number of hydrogen-bond acceptors (Lipinski definition) is 10. The number of β-lactam (4-membered cyclic amide) rings is 1. The zero-order chi connectivity index (χ0) is 24.6. The Morgan fingerprint density at radius 3 is 2.56 bits per heavy atom. The first-order valence-corrected chi connectivity index (χ1v) is 12.8. The van der Waals surface area contributed by atoms with Crippen molar-refractivity contribution in [3.8, 4) is 0 Å². The van der Waals surface area contributed by atoms with Gasteiger partial charge in [-0.25, -0.2) is 4.79 Å². The predicted molar refractivity (Wildman–Crippen MR) is 127 cm³/mol. The number of nitrogens with zero attached hydrogens (tertiary/aromatic N) is 4. The summed E-state index contributed by atoms with van der Waals surface area (Å²) in [5, 5.41) is 20.8. The summed E-state index contributed by atoms with van der Waals surface area (Å²) in [6, 6.07) is 4.57. The van der Waals surface area contributed by atoms with Gasteiger partial charge >= 0.3 is 5.97 Å². The molecular formula is C18H14Cl2N6O5S3. The van der Waals surface area contributed by atoms with Crippen LogP contribution in [0.15, 0.2) is 33.8 Å². The van der Waals surface area contributed by atoms with E-state index in [1.54, 1.807) is 6.07 Å². The van der Waals surface area contributed by atoms with E-state index in [2.05, 4.69) is 25.4 Å². The lowest BCUT2D eigenvalue weighted by Gasteiger charge is -2.50. The fraction of sp³-hybridized carbons (Fsp3) is 0.278. The molecule has 0 spiro atoms. The quantitative estimate of drug-likeness (QED) is 0.427. The Hall–Kier alpha value is -2.39. The fourth-order valence-electron chi connectivity index (χ4n) is 3.40. The second-order valence-electron chi connectivity index (χ2n) is 6.94. The number of aromatic nitrogens is 3. The van der Waals surface area contributed by atoms with Crippen molar-refractivity contribution in [1.29, 1.82) is 0 Å². The van der Waals surface area contributed by atoms with E-state index in [0.717, 1.165) is 28.2 Å². The van der Waals surface area contributed by atoms with Crippen molar-refractivity contribution in [2.75, 3.05) is 6.54 Å². The lowest BCUT2D eigenvalue weighted by Crippen LogP contribution is -2.65. The highest BCUT2D eigenvalue weighted by Crippen LogP contribution is 2.49. The van der Waals surface area contributed by atoms with Crippen molar-refractivity contribution in [3.05, 3.63) is 45.1 Å². The summed E-state index contributed by atoms with van der Waals surface area (Å²) in [4.78, 5) is 50.9. The second kappa shape index (κ2) is 10.1. The average Bonchev–Trinajstić information content (AvgIpc) is 3.28. The molecule has 3 N–H and O–H groups in total. The first kappa shape index (κ1) is 24.7. The van der Waals surface area contributed by atoms with E-state index in [1.807, 2.05) is 0 Å². The molecule has 1 aromatic heterocycles. The molecule has 1 fully saturated rings. The Labute approximate surface area is 214 Å². The zero-order valence-corrected chi connectivity index (χ0v) is 21.0. The van der Waals surface area contributed by atoms with E-state index >= 15 is 0 Å². The Morgan fingerprint density at radius 2 is 1.97 bits per heavy atom. The van der Waals surface area contributed by atoms with Gasteiger partial charge in [0.2, 0.25) is 11.8 Å². The van der Waals surface area contributed by atoms with E-state index < -0.39 is 39.7 Å². The Morgan fingerprint density at radius 1 is 1.26 bits per heavy atom. The molecule has 3 atom stereocenters. The van der Waals surface area contributed by atoms with Crippen molar-refractivity contribution in [1.82, 2.24) is 30.3 Å².